The number of methoxy groups -OCH3 is 1. The van der Waals surface area contributed by atoms with Crippen LogP contribution in [0.1, 0.15) is 18.4 Å². The highest BCUT2D eigenvalue weighted by atomic mass is 35.5. The number of ether oxygens (including phenoxy) is 1. The number of esters is 1. The summed E-state index contributed by atoms with van der Waals surface area (Å²) in [5.41, 5.74) is 0.956. The molecule has 0 radical (unpaired) electrons. The van der Waals surface area contributed by atoms with Gasteiger partial charge in [-0.2, -0.15) is 0 Å². The van der Waals surface area contributed by atoms with Crippen molar-refractivity contribution in [2.45, 2.75) is 19.4 Å². The van der Waals surface area contributed by atoms with Crippen molar-refractivity contribution < 1.29 is 9.53 Å². The van der Waals surface area contributed by atoms with Crippen LogP contribution in [0.15, 0.2) is 18.2 Å². The van der Waals surface area contributed by atoms with Crippen LogP contribution in [0.3, 0.4) is 0 Å². The first kappa shape index (κ1) is 14.3. The number of hydrogen-bond donors (Lipinski definition) is 1. The summed E-state index contributed by atoms with van der Waals surface area (Å²) in [5, 5.41) is 4.56. The molecule has 0 aromatic heterocycles. The van der Waals surface area contributed by atoms with Crippen molar-refractivity contribution >= 4 is 29.2 Å². The minimum Gasteiger partial charge on any atom is -0.469 e. The van der Waals surface area contributed by atoms with Gasteiger partial charge in [-0.1, -0.05) is 23.2 Å². The fourth-order valence-electron chi connectivity index (χ4n) is 1.36. The predicted molar refractivity (Wildman–Crippen MR) is 69.4 cm³/mol. The van der Waals surface area contributed by atoms with Gasteiger partial charge in [0.2, 0.25) is 0 Å². The number of carbonyl (C=O) groups excluding carboxylic acids is 1. The van der Waals surface area contributed by atoms with Gasteiger partial charge in [0, 0.05) is 23.0 Å². The molecule has 1 rings (SSSR count). The summed E-state index contributed by atoms with van der Waals surface area (Å²) in [7, 11) is 1.39. The molecule has 0 fully saturated rings. The van der Waals surface area contributed by atoms with E-state index in [-0.39, 0.29) is 5.97 Å². The third-order valence-corrected chi connectivity index (χ3v) is 2.89. The van der Waals surface area contributed by atoms with Crippen LogP contribution in [0.5, 0.6) is 0 Å². The number of benzene rings is 1. The predicted octanol–water partition coefficient (Wildman–Crippen LogP) is 3.04. The first-order valence-corrected chi connectivity index (χ1v) is 6.10. The molecule has 0 heterocycles. The molecule has 94 valence electrons. The number of nitrogens with one attached hydrogen (secondary N) is 1. The van der Waals surface area contributed by atoms with Crippen LogP contribution >= 0.6 is 23.2 Å². The Morgan fingerprint density at radius 1 is 1.41 bits per heavy atom. The normalized spacial score (nSPS) is 10.3. The Kier molecular flexibility index (Phi) is 6.34. The van der Waals surface area contributed by atoms with Gasteiger partial charge in [0.15, 0.2) is 0 Å². The third kappa shape index (κ3) is 5.39. The molecule has 1 N–H and O–H groups in total. The molecule has 3 nitrogen and oxygen atoms in total. The van der Waals surface area contributed by atoms with Crippen LogP contribution in [-0.2, 0) is 16.1 Å². The van der Waals surface area contributed by atoms with E-state index in [9.17, 15) is 4.79 Å². The number of hydrogen-bond acceptors (Lipinski definition) is 3. The standard InChI is InChI=1S/C12H15Cl2NO2/c1-17-12(16)3-2-6-15-8-9-7-10(13)4-5-11(9)14/h4-5,7,15H,2-3,6,8H2,1H3. The number of rotatable bonds is 6. The van der Waals surface area contributed by atoms with Gasteiger partial charge in [0.1, 0.15) is 0 Å². The molecule has 0 aliphatic carbocycles. The van der Waals surface area contributed by atoms with Crippen LogP contribution in [0.25, 0.3) is 0 Å². The van der Waals surface area contributed by atoms with E-state index < -0.39 is 0 Å². The zero-order valence-electron chi connectivity index (χ0n) is 9.63. The number of halogens is 2. The van der Waals surface area contributed by atoms with Crippen LogP contribution in [0.2, 0.25) is 10.0 Å². The highest BCUT2D eigenvalue weighted by molar-refractivity contribution is 6.33. The molecule has 0 spiro atoms. The Morgan fingerprint density at radius 3 is 2.88 bits per heavy atom. The molecule has 0 saturated heterocycles. The van der Waals surface area contributed by atoms with E-state index >= 15 is 0 Å². The van der Waals surface area contributed by atoms with Crippen molar-refractivity contribution in [3.63, 3.8) is 0 Å². The quantitative estimate of drug-likeness (QED) is 0.641. The summed E-state index contributed by atoms with van der Waals surface area (Å²) in [6, 6.07) is 5.36. The Bertz CT molecular complexity index is 383. The summed E-state index contributed by atoms with van der Waals surface area (Å²) in [6.45, 7) is 1.37. The van der Waals surface area contributed by atoms with Crippen LogP contribution in [-0.4, -0.2) is 19.6 Å². The maximum atomic E-state index is 10.9. The van der Waals surface area contributed by atoms with Gasteiger partial charge in [-0.05, 0) is 36.7 Å². The number of carbonyl (C=O) groups is 1. The molecule has 0 unspecified atom stereocenters. The van der Waals surface area contributed by atoms with Gasteiger partial charge in [-0.15, -0.1) is 0 Å². The average Bonchev–Trinajstić information content (AvgIpc) is 2.32. The highest BCUT2D eigenvalue weighted by Crippen LogP contribution is 2.20. The molecule has 1 aromatic carbocycles. The Morgan fingerprint density at radius 2 is 2.18 bits per heavy atom. The fourth-order valence-corrected chi connectivity index (χ4v) is 1.74. The van der Waals surface area contributed by atoms with E-state index in [0.29, 0.717) is 23.0 Å². The first-order valence-electron chi connectivity index (χ1n) is 5.35. The van der Waals surface area contributed by atoms with Crippen LogP contribution in [0.4, 0.5) is 0 Å². The molecular weight excluding hydrogens is 261 g/mol. The average molecular weight is 276 g/mol. The van der Waals surface area contributed by atoms with Crippen molar-refractivity contribution in [2.24, 2.45) is 0 Å². The Balaban J connectivity index is 2.26. The Hall–Kier alpha value is -0.770. The second-order valence-corrected chi connectivity index (χ2v) is 4.44. The molecular formula is C12H15Cl2NO2. The van der Waals surface area contributed by atoms with Crippen molar-refractivity contribution in [3.8, 4) is 0 Å². The van der Waals surface area contributed by atoms with Gasteiger partial charge in [-0.25, -0.2) is 0 Å². The van der Waals surface area contributed by atoms with E-state index in [1.807, 2.05) is 6.07 Å². The molecule has 0 saturated carbocycles. The molecule has 0 bridgehead atoms. The van der Waals surface area contributed by atoms with E-state index in [0.717, 1.165) is 18.5 Å². The van der Waals surface area contributed by atoms with E-state index in [4.69, 9.17) is 23.2 Å². The second-order valence-electron chi connectivity index (χ2n) is 3.59. The SMILES string of the molecule is COC(=O)CCCNCc1cc(Cl)ccc1Cl. The lowest BCUT2D eigenvalue weighted by Gasteiger charge is -2.06. The third-order valence-electron chi connectivity index (χ3n) is 2.29. The van der Waals surface area contributed by atoms with Gasteiger partial charge >= 0.3 is 5.97 Å². The second kappa shape index (κ2) is 7.54. The van der Waals surface area contributed by atoms with Gasteiger partial charge < -0.3 is 10.1 Å². The molecule has 0 aliphatic rings. The Labute approximate surface area is 111 Å². The van der Waals surface area contributed by atoms with Gasteiger partial charge in [-0.3, -0.25) is 4.79 Å². The van der Waals surface area contributed by atoms with Crippen molar-refractivity contribution in [2.75, 3.05) is 13.7 Å². The zero-order chi connectivity index (χ0) is 12.7. The minimum absolute atomic E-state index is 0.187. The highest BCUT2D eigenvalue weighted by Gasteiger charge is 2.02. The molecule has 0 amide bonds. The molecule has 0 atom stereocenters. The smallest absolute Gasteiger partial charge is 0.305 e. The fraction of sp³-hybridized carbons (Fsp3) is 0.417. The maximum Gasteiger partial charge on any atom is 0.305 e. The maximum absolute atomic E-state index is 10.9. The van der Waals surface area contributed by atoms with Gasteiger partial charge in [0.05, 0.1) is 7.11 Å². The molecule has 1 aromatic rings. The summed E-state index contributed by atoms with van der Waals surface area (Å²) >= 11 is 11.9. The van der Waals surface area contributed by atoms with Gasteiger partial charge in [0.25, 0.3) is 0 Å². The first-order chi connectivity index (χ1) is 8.13. The summed E-state index contributed by atoms with van der Waals surface area (Å²) in [4.78, 5) is 10.9. The lowest BCUT2D eigenvalue weighted by atomic mass is 10.2. The van der Waals surface area contributed by atoms with E-state index in [1.54, 1.807) is 12.1 Å². The topological polar surface area (TPSA) is 38.3 Å². The van der Waals surface area contributed by atoms with Crippen molar-refractivity contribution in [1.29, 1.82) is 0 Å². The van der Waals surface area contributed by atoms with Crippen molar-refractivity contribution in [1.82, 2.24) is 5.32 Å². The summed E-state index contributed by atoms with van der Waals surface area (Å²) in [6.07, 6.45) is 1.16. The lowest BCUT2D eigenvalue weighted by molar-refractivity contribution is -0.140. The molecule has 0 aliphatic heterocycles. The molecule has 17 heavy (non-hydrogen) atoms. The zero-order valence-corrected chi connectivity index (χ0v) is 11.1. The van der Waals surface area contributed by atoms with E-state index in [1.165, 1.54) is 7.11 Å². The lowest BCUT2D eigenvalue weighted by Crippen LogP contribution is -2.16. The monoisotopic (exact) mass is 275 g/mol. The minimum atomic E-state index is -0.187. The van der Waals surface area contributed by atoms with Crippen molar-refractivity contribution in [3.05, 3.63) is 33.8 Å². The van der Waals surface area contributed by atoms with Crippen LogP contribution < -0.4 is 5.32 Å². The summed E-state index contributed by atoms with van der Waals surface area (Å²) in [5.74, 6) is -0.187. The van der Waals surface area contributed by atoms with E-state index in [2.05, 4.69) is 10.1 Å². The molecule has 5 heteroatoms. The largest absolute Gasteiger partial charge is 0.469 e. The van der Waals surface area contributed by atoms with Crippen LogP contribution in [0, 0.1) is 0 Å². The summed E-state index contributed by atoms with van der Waals surface area (Å²) < 4.78 is 4.54.